The number of benzene rings is 2. The first kappa shape index (κ1) is 26.4. The molecule has 4 heterocycles. The highest BCUT2D eigenvalue weighted by Gasteiger charge is 2.31. The third-order valence-electron chi connectivity index (χ3n) is 7.61. The van der Waals surface area contributed by atoms with Gasteiger partial charge in [-0.05, 0) is 67.0 Å². The first-order chi connectivity index (χ1) is 19.9. The number of amides is 1. The number of cyclic esters (lactones) is 1. The van der Waals surface area contributed by atoms with Crippen molar-refractivity contribution >= 4 is 39.9 Å². The highest BCUT2D eigenvalue weighted by molar-refractivity contribution is 5.89. The van der Waals surface area contributed by atoms with Crippen LogP contribution in [0.2, 0.25) is 0 Å². The fraction of sp³-hybridized carbons (Fsp3) is 0.281. The number of allylic oxidation sites excluding steroid dienone is 1. The van der Waals surface area contributed by atoms with E-state index in [0.717, 1.165) is 45.1 Å². The van der Waals surface area contributed by atoms with E-state index < -0.39 is 0 Å². The lowest BCUT2D eigenvalue weighted by Gasteiger charge is -2.24. The average Bonchev–Trinajstić information content (AvgIpc) is 3.56. The summed E-state index contributed by atoms with van der Waals surface area (Å²) in [6, 6.07) is 13.3. The van der Waals surface area contributed by atoms with Crippen molar-refractivity contribution in [2.24, 2.45) is 5.92 Å². The molecule has 0 bridgehead atoms. The van der Waals surface area contributed by atoms with E-state index in [1.165, 1.54) is 0 Å². The normalized spacial score (nSPS) is 17.8. The van der Waals surface area contributed by atoms with Crippen LogP contribution in [0.4, 0.5) is 0 Å². The molecule has 0 spiro atoms. The van der Waals surface area contributed by atoms with Crippen molar-refractivity contribution in [1.82, 2.24) is 9.88 Å². The molecule has 0 N–H and O–H groups in total. The summed E-state index contributed by atoms with van der Waals surface area (Å²) in [6.45, 7) is 4.79. The van der Waals surface area contributed by atoms with Crippen LogP contribution in [0.1, 0.15) is 37.3 Å². The van der Waals surface area contributed by atoms with Crippen molar-refractivity contribution in [2.45, 2.75) is 33.4 Å². The molecule has 9 heteroatoms. The van der Waals surface area contributed by atoms with Crippen LogP contribution in [0.5, 0.6) is 17.2 Å². The van der Waals surface area contributed by atoms with E-state index in [4.69, 9.17) is 28.3 Å². The Balaban J connectivity index is 1.28. The monoisotopic (exact) mass is 554 g/mol. The standard InChI is InChI=1S/C32H30N2O7/c1-5-25-26(18(2)15-40-32(25)36)13-28-30-21(14-34(28)17-35)8-19-9-22(6-7-27(19)33-30)39-16-24-11-20-10-23(37-3)12-29(38-4)31(20)41-24/h6-13,17,25H,5,14-16H2,1-4H3/b28-13-. The van der Waals surface area contributed by atoms with E-state index in [1.54, 1.807) is 25.2 Å². The molecule has 0 saturated heterocycles. The molecule has 0 saturated carbocycles. The third-order valence-corrected chi connectivity index (χ3v) is 7.61. The number of hydrogen-bond donors (Lipinski definition) is 0. The summed E-state index contributed by atoms with van der Waals surface area (Å²) in [5.41, 5.74) is 5.64. The van der Waals surface area contributed by atoms with Crippen LogP contribution in [0.25, 0.3) is 27.6 Å². The Morgan fingerprint density at radius 2 is 1.90 bits per heavy atom. The van der Waals surface area contributed by atoms with E-state index >= 15 is 0 Å². The van der Waals surface area contributed by atoms with Crippen molar-refractivity contribution < 1.29 is 33.0 Å². The molecule has 210 valence electrons. The molecule has 1 unspecified atom stereocenters. The molecule has 2 aromatic heterocycles. The minimum absolute atomic E-state index is 0.228. The molecule has 4 aromatic rings. The second kappa shape index (κ2) is 10.6. The van der Waals surface area contributed by atoms with Gasteiger partial charge in [-0.1, -0.05) is 6.92 Å². The van der Waals surface area contributed by atoms with Crippen molar-refractivity contribution in [3.8, 4) is 17.2 Å². The van der Waals surface area contributed by atoms with Gasteiger partial charge in [0.2, 0.25) is 6.41 Å². The minimum atomic E-state index is -0.358. The lowest BCUT2D eigenvalue weighted by molar-refractivity contribution is -0.147. The molecule has 2 aliphatic rings. The zero-order valence-corrected chi connectivity index (χ0v) is 23.4. The number of carbonyl (C=O) groups excluding carboxylic acids is 2. The Kier molecular flexibility index (Phi) is 6.86. The summed E-state index contributed by atoms with van der Waals surface area (Å²) >= 11 is 0. The van der Waals surface area contributed by atoms with Crippen LogP contribution in [-0.4, -0.2) is 43.1 Å². The van der Waals surface area contributed by atoms with Crippen molar-refractivity contribution in [3.05, 3.63) is 76.7 Å². The zero-order valence-electron chi connectivity index (χ0n) is 23.4. The summed E-state index contributed by atoms with van der Waals surface area (Å²) in [6.07, 6.45) is 3.36. The van der Waals surface area contributed by atoms with Crippen LogP contribution < -0.4 is 14.2 Å². The van der Waals surface area contributed by atoms with E-state index in [0.29, 0.717) is 47.3 Å². The minimum Gasteiger partial charge on any atom is -0.497 e. The molecule has 6 rings (SSSR count). The van der Waals surface area contributed by atoms with Gasteiger partial charge in [0.1, 0.15) is 30.5 Å². The smallest absolute Gasteiger partial charge is 0.313 e. The number of hydrogen-bond acceptors (Lipinski definition) is 8. The first-order valence-electron chi connectivity index (χ1n) is 13.4. The van der Waals surface area contributed by atoms with Gasteiger partial charge in [0.05, 0.1) is 43.6 Å². The number of rotatable bonds is 8. The van der Waals surface area contributed by atoms with Crippen molar-refractivity contribution in [1.29, 1.82) is 0 Å². The van der Waals surface area contributed by atoms with Gasteiger partial charge < -0.3 is 28.3 Å². The van der Waals surface area contributed by atoms with Gasteiger partial charge in [-0.15, -0.1) is 0 Å². The number of esters is 1. The van der Waals surface area contributed by atoms with E-state index in [9.17, 15) is 9.59 Å². The Hall–Kier alpha value is -4.79. The fourth-order valence-corrected chi connectivity index (χ4v) is 5.47. The Labute approximate surface area is 236 Å². The van der Waals surface area contributed by atoms with Gasteiger partial charge in [0.25, 0.3) is 0 Å². The number of furan rings is 1. The SMILES string of the molecule is CCC1C(=O)OCC(C)=C1/C=C1/c2nc3ccc(OCc4cc5cc(OC)cc(OC)c5o4)cc3cc2CN1C=O. The van der Waals surface area contributed by atoms with Gasteiger partial charge in [-0.3, -0.25) is 9.59 Å². The number of nitrogens with zero attached hydrogens (tertiary/aromatic N) is 2. The maximum Gasteiger partial charge on any atom is 0.313 e. The first-order valence-corrected chi connectivity index (χ1v) is 13.4. The number of methoxy groups -OCH3 is 2. The molecule has 0 fully saturated rings. The Morgan fingerprint density at radius 1 is 1.07 bits per heavy atom. The number of ether oxygens (including phenoxy) is 4. The molecular formula is C32H30N2O7. The number of pyridine rings is 1. The molecular weight excluding hydrogens is 524 g/mol. The molecule has 0 radical (unpaired) electrons. The predicted octanol–water partition coefficient (Wildman–Crippen LogP) is 5.79. The Morgan fingerprint density at radius 3 is 2.66 bits per heavy atom. The van der Waals surface area contributed by atoms with E-state index in [1.807, 2.05) is 56.3 Å². The molecule has 2 aliphatic heterocycles. The summed E-state index contributed by atoms with van der Waals surface area (Å²) < 4.78 is 28.2. The second-order valence-electron chi connectivity index (χ2n) is 10.2. The summed E-state index contributed by atoms with van der Waals surface area (Å²) in [4.78, 5) is 31.0. The average molecular weight is 555 g/mol. The molecule has 9 nitrogen and oxygen atoms in total. The zero-order chi connectivity index (χ0) is 28.7. The van der Waals surface area contributed by atoms with Gasteiger partial charge in [0, 0.05) is 22.4 Å². The molecule has 1 amide bonds. The van der Waals surface area contributed by atoms with E-state index in [2.05, 4.69) is 0 Å². The lowest BCUT2D eigenvalue weighted by atomic mass is 9.89. The molecule has 0 aliphatic carbocycles. The highest BCUT2D eigenvalue weighted by Crippen LogP contribution is 2.38. The number of fused-ring (bicyclic) bond motifs is 3. The topological polar surface area (TPSA) is 100 Å². The fourth-order valence-electron chi connectivity index (χ4n) is 5.47. The van der Waals surface area contributed by atoms with Gasteiger partial charge in [0.15, 0.2) is 11.3 Å². The summed E-state index contributed by atoms with van der Waals surface area (Å²) in [5.74, 6) is 2.00. The maximum atomic E-state index is 12.4. The van der Waals surface area contributed by atoms with Crippen molar-refractivity contribution in [3.63, 3.8) is 0 Å². The highest BCUT2D eigenvalue weighted by atomic mass is 16.5. The van der Waals surface area contributed by atoms with Crippen LogP contribution in [0, 0.1) is 5.92 Å². The van der Waals surface area contributed by atoms with Crippen LogP contribution in [0.3, 0.4) is 0 Å². The van der Waals surface area contributed by atoms with Gasteiger partial charge >= 0.3 is 5.97 Å². The maximum absolute atomic E-state index is 12.4. The van der Waals surface area contributed by atoms with Gasteiger partial charge in [-0.25, -0.2) is 4.98 Å². The molecule has 41 heavy (non-hydrogen) atoms. The summed E-state index contributed by atoms with van der Waals surface area (Å²) in [5, 5.41) is 1.76. The Bertz CT molecular complexity index is 1750. The molecule has 1 atom stereocenters. The van der Waals surface area contributed by atoms with Crippen LogP contribution in [-0.2, 0) is 27.5 Å². The second-order valence-corrected chi connectivity index (χ2v) is 10.2. The number of carbonyl (C=O) groups is 2. The predicted molar refractivity (Wildman–Crippen MR) is 152 cm³/mol. The third kappa shape index (κ3) is 4.77. The number of aromatic nitrogens is 1. The van der Waals surface area contributed by atoms with E-state index in [-0.39, 0.29) is 25.1 Å². The van der Waals surface area contributed by atoms with Crippen molar-refractivity contribution in [2.75, 3.05) is 20.8 Å². The van der Waals surface area contributed by atoms with Gasteiger partial charge in [-0.2, -0.15) is 0 Å². The largest absolute Gasteiger partial charge is 0.497 e. The van der Waals surface area contributed by atoms with Crippen LogP contribution in [0.15, 0.2) is 64.1 Å². The summed E-state index contributed by atoms with van der Waals surface area (Å²) in [7, 11) is 3.20. The lowest BCUT2D eigenvalue weighted by Crippen LogP contribution is -2.26. The molecule has 2 aromatic carbocycles. The quantitative estimate of drug-likeness (QED) is 0.199. The van der Waals surface area contributed by atoms with Crippen LogP contribution >= 0.6 is 0 Å².